The summed E-state index contributed by atoms with van der Waals surface area (Å²) in [6.07, 6.45) is 0. The maximum absolute atomic E-state index is 8.80. The van der Waals surface area contributed by atoms with Crippen molar-refractivity contribution in [2.45, 2.75) is 19.5 Å². The van der Waals surface area contributed by atoms with Crippen molar-refractivity contribution in [1.29, 1.82) is 5.26 Å². The van der Waals surface area contributed by atoms with E-state index in [0.717, 1.165) is 17.9 Å². The first kappa shape index (κ1) is 14.1. The van der Waals surface area contributed by atoms with Crippen molar-refractivity contribution in [2.24, 2.45) is 0 Å². The number of nitrogens with zero attached hydrogens (tertiary/aromatic N) is 1. The minimum Gasteiger partial charge on any atom is -0.496 e. The topological polar surface area (TPSA) is 45.0 Å². The van der Waals surface area contributed by atoms with Crippen molar-refractivity contribution < 1.29 is 4.74 Å². The molecule has 2 aromatic carbocycles. The zero-order valence-corrected chi connectivity index (χ0v) is 11.8. The predicted octanol–water partition coefficient (Wildman–Crippen LogP) is 3.42. The number of hydrogen-bond donors (Lipinski definition) is 1. The van der Waals surface area contributed by atoms with E-state index in [1.54, 1.807) is 7.11 Å². The zero-order valence-electron chi connectivity index (χ0n) is 11.8. The molecule has 0 aliphatic carbocycles. The molecule has 3 heteroatoms. The minimum atomic E-state index is 0.215. The highest BCUT2D eigenvalue weighted by molar-refractivity contribution is 5.34. The van der Waals surface area contributed by atoms with Gasteiger partial charge in [0.2, 0.25) is 0 Å². The van der Waals surface area contributed by atoms with E-state index < -0.39 is 0 Å². The van der Waals surface area contributed by atoms with E-state index in [4.69, 9.17) is 10.00 Å². The van der Waals surface area contributed by atoms with Crippen molar-refractivity contribution in [3.8, 4) is 11.8 Å². The van der Waals surface area contributed by atoms with E-state index in [1.807, 2.05) is 42.5 Å². The average molecular weight is 266 g/mol. The van der Waals surface area contributed by atoms with Gasteiger partial charge >= 0.3 is 0 Å². The van der Waals surface area contributed by atoms with Crippen molar-refractivity contribution in [3.05, 3.63) is 65.2 Å². The molecule has 0 fully saturated rings. The quantitative estimate of drug-likeness (QED) is 0.902. The van der Waals surface area contributed by atoms with Gasteiger partial charge in [-0.25, -0.2) is 0 Å². The Labute approximate surface area is 119 Å². The Hall–Kier alpha value is -2.31. The van der Waals surface area contributed by atoms with Gasteiger partial charge in [-0.3, -0.25) is 0 Å². The second-order valence-corrected chi connectivity index (χ2v) is 4.65. The number of benzene rings is 2. The first-order valence-electron chi connectivity index (χ1n) is 6.60. The molecule has 1 unspecified atom stereocenters. The predicted molar refractivity (Wildman–Crippen MR) is 79.4 cm³/mol. The molecule has 0 saturated carbocycles. The van der Waals surface area contributed by atoms with Crippen LogP contribution in [0.1, 0.15) is 29.7 Å². The second kappa shape index (κ2) is 6.74. The monoisotopic (exact) mass is 266 g/mol. The third-order valence-corrected chi connectivity index (χ3v) is 3.33. The van der Waals surface area contributed by atoms with Gasteiger partial charge in [0, 0.05) is 18.2 Å². The Balaban J connectivity index is 2.01. The number of para-hydroxylation sites is 1. The fraction of sp³-hybridized carbons (Fsp3) is 0.235. The summed E-state index contributed by atoms with van der Waals surface area (Å²) >= 11 is 0. The normalized spacial score (nSPS) is 11.7. The Morgan fingerprint density at radius 1 is 1.15 bits per heavy atom. The van der Waals surface area contributed by atoms with Gasteiger partial charge < -0.3 is 10.1 Å². The van der Waals surface area contributed by atoms with Gasteiger partial charge in [0.15, 0.2) is 0 Å². The lowest BCUT2D eigenvalue weighted by Crippen LogP contribution is -2.18. The van der Waals surface area contributed by atoms with Gasteiger partial charge in [-0.2, -0.15) is 5.26 Å². The van der Waals surface area contributed by atoms with Gasteiger partial charge in [0.05, 0.1) is 18.7 Å². The number of nitrogens with one attached hydrogen (secondary N) is 1. The summed E-state index contributed by atoms with van der Waals surface area (Å²) in [7, 11) is 1.68. The van der Waals surface area contributed by atoms with Crippen LogP contribution in [-0.4, -0.2) is 7.11 Å². The molecular weight excluding hydrogens is 248 g/mol. The van der Waals surface area contributed by atoms with Crippen LogP contribution in [0.3, 0.4) is 0 Å². The molecule has 0 spiro atoms. The van der Waals surface area contributed by atoms with Crippen LogP contribution in [0.2, 0.25) is 0 Å². The highest BCUT2D eigenvalue weighted by atomic mass is 16.5. The number of hydrogen-bond acceptors (Lipinski definition) is 3. The van der Waals surface area contributed by atoms with Crippen LogP contribution in [0.25, 0.3) is 0 Å². The fourth-order valence-corrected chi connectivity index (χ4v) is 2.08. The van der Waals surface area contributed by atoms with Gasteiger partial charge in [0.1, 0.15) is 5.75 Å². The van der Waals surface area contributed by atoms with E-state index in [0.29, 0.717) is 5.56 Å². The van der Waals surface area contributed by atoms with Gasteiger partial charge in [0.25, 0.3) is 0 Å². The van der Waals surface area contributed by atoms with Crippen LogP contribution in [0, 0.1) is 11.3 Å². The molecule has 3 nitrogen and oxygen atoms in total. The van der Waals surface area contributed by atoms with Gasteiger partial charge in [-0.1, -0.05) is 30.3 Å². The van der Waals surface area contributed by atoms with E-state index >= 15 is 0 Å². The summed E-state index contributed by atoms with van der Waals surface area (Å²) in [4.78, 5) is 0. The smallest absolute Gasteiger partial charge is 0.123 e. The Morgan fingerprint density at radius 3 is 2.50 bits per heavy atom. The average Bonchev–Trinajstić information content (AvgIpc) is 2.53. The Morgan fingerprint density at radius 2 is 1.85 bits per heavy atom. The van der Waals surface area contributed by atoms with Crippen LogP contribution in [0.15, 0.2) is 48.5 Å². The molecule has 0 radical (unpaired) electrons. The van der Waals surface area contributed by atoms with E-state index in [1.165, 1.54) is 5.56 Å². The molecule has 2 aromatic rings. The summed E-state index contributed by atoms with van der Waals surface area (Å²) < 4.78 is 5.34. The van der Waals surface area contributed by atoms with Crippen LogP contribution in [0.4, 0.5) is 0 Å². The molecule has 0 aliphatic heterocycles. The van der Waals surface area contributed by atoms with E-state index in [-0.39, 0.29) is 6.04 Å². The van der Waals surface area contributed by atoms with Crippen LogP contribution >= 0.6 is 0 Å². The molecule has 0 bridgehead atoms. The number of rotatable bonds is 5. The fourth-order valence-electron chi connectivity index (χ4n) is 2.08. The molecule has 1 N–H and O–H groups in total. The minimum absolute atomic E-state index is 0.215. The molecule has 0 amide bonds. The van der Waals surface area contributed by atoms with Crippen LogP contribution < -0.4 is 10.1 Å². The molecule has 0 aromatic heterocycles. The number of ether oxygens (including phenoxy) is 1. The largest absolute Gasteiger partial charge is 0.496 e. The molecule has 2 rings (SSSR count). The molecule has 0 saturated heterocycles. The zero-order chi connectivity index (χ0) is 14.4. The molecule has 0 aliphatic rings. The third-order valence-electron chi connectivity index (χ3n) is 3.33. The lowest BCUT2D eigenvalue weighted by atomic mass is 10.1. The van der Waals surface area contributed by atoms with Crippen molar-refractivity contribution >= 4 is 0 Å². The standard InChI is InChI=1S/C17H18N2O/c1-13(15-9-7-14(11-18)8-10-15)19-12-16-5-3-4-6-17(16)20-2/h3-10,13,19H,12H2,1-2H3. The van der Waals surface area contributed by atoms with E-state index in [2.05, 4.69) is 24.4 Å². The SMILES string of the molecule is COc1ccccc1CNC(C)c1ccc(C#N)cc1. The number of nitriles is 1. The van der Waals surface area contributed by atoms with Crippen molar-refractivity contribution in [2.75, 3.05) is 7.11 Å². The molecule has 102 valence electrons. The lowest BCUT2D eigenvalue weighted by molar-refractivity contribution is 0.406. The van der Waals surface area contributed by atoms with Crippen LogP contribution in [0.5, 0.6) is 5.75 Å². The molecular formula is C17H18N2O. The van der Waals surface area contributed by atoms with Crippen molar-refractivity contribution in [3.63, 3.8) is 0 Å². The van der Waals surface area contributed by atoms with Crippen molar-refractivity contribution in [1.82, 2.24) is 5.32 Å². The van der Waals surface area contributed by atoms with Crippen LogP contribution in [-0.2, 0) is 6.54 Å². The second-order valence-electron chi connectivity index (χ2n) is 4.65. The summed E-state index contributed by atoms with van der Waals surface area (Å²) in [5.74, 6) is 0.895. The summed E-state index contributed by atoms with van der Waals surface area (Å²) in [6.45, 7) is 2.85. The summed E-state index contributed by atoms with van der Waals surface area (Å²) in [5.41, 5.74) is 2.99. The molecule has 1 atom stereocenters. The molecule has 20 heavy (non-hydrogen) atoms. The van der Waals surface area contributed by atoms with Gasteiger partial charge in [-0.05, 0) is 30.7 Å². The lowest BCUT2D eigenvalue weighted by Gasteiger charge is -2.15. The first-order chi connectivity index (χ1) is 9.74. The van der Waals surface area contributed by atoms with Gasteiger partial charge in [-0.15, -0.1) is 0 Å². The number of methoxy groups -OCH3 is 1. The molecule has 0 heterocycles. The Kier molecular flexibility index (Phi) is 4.75. The maximum Gasteiger partial charge on any atom is 0.123 e. The highest BCUT2D eigenvalue weighted by Crippen LogP contribution is 2.19. The van der Waals surface area contributed by atoms with E-state index in [9.17, 15) is 0 Å². The Bertz CT molecular complexity index is 599. The summed E-state index contributed by atoms with van der Waals surface area (Å²) in [6, 6.07) is 18.0. The third kappa shape index (κ3) is 3.37. The summed E-state index contributed by atoms with van der Waals surface area (Å²) in [5, 5.41) is 12.3. The maximum atomic E-state index is 8.80. The first-order valence-corrected chi connectivity index (χ1v) is 6.60. The highest BCUT2D eigenvalue weighted by Gasteiger charge is 2.07.